The molecule has 0 aliphatic carbocycles. The Morgan fingerprint density at radius 3 is 2.35 bits per heavy atom. The van der Waals surface area contributed by atoms with Gasteiger partial charge in [0.1, 0.15) is 0 Å². The van der Waals surface area contributed by atoms with Crippen LogP contribution in [0.5, 0.6) is 0 Å². The molecule has 17 heavy (non-hydrogen) atoms. The molecule has 94 valence electrons. The largest absolute Gasteiger partial charge is 0.415 e. The van der Waals surface area contributed by atoms with Crippen LogP contribution in [0.15, 0.2) is 30.3 Å². The standard InChI is InChI=1S/C10H19NO3Si3/c1-11-17(4)13-15(2)12-16(3,14-17)10-8-6-5-7-9-10/h5-9,11,15H,1-4H3. The lowest BCUT2D eigenvalue weighted by Gasteiger charge is -2.44. The van der Waals surface area contributed by atoms with Crippen molar-refractivity contribution in [2.24, 2.45) is 0 Å². The minimum Gasteiger partial charge on any atom is -0.415 e. The van der Waals surface area contributed by atoms with Gasteiger partial charge in [-0.25, -0.2) is 0 Å². The van der Waals surface area contributed by atoms with Gasteiger partial charge in [-0.2, -0.15) is 0 Å². The highest BCUT2D eigenvalue weighted by molar-refractivity contribution is 6.94. The molecule has 1 aromatic carbocycles. The molecule has 7 heteroatoms. The lowest BCUT2D eigenvalue weighted by molar-refractivity contribution is 0.247. The first kappa shape index (κ1) is 13.1. The molecule has 0 amide bonds. The summed E-state index contributed by atoms with van der Waals surface area (Å²) in [5.74, 6) is 0. The zero-order valence-corrected chi connectivity index (χ0v) is 13.8. The summed E-state index contributed by atoms with van der Waals surface area (Å²) in [6.07, 6.45) is 0. The summed E-state index contributed by atoms with van der Waals surface area (Å²) < 4.78 is 18.2. The molecule has 0 bridgehead atoms. The van der Waals surface area contributed by atoms with E-state index in [4.69, 9.17) is 12.3 Å². The first-order chi connectivity index (χ1) is 7.97. The van der Waals surface area contributed by atoms with Gasteiger partial charge in [0.15, 0.2) is 0 Å². The van der Waals surface area contributed by atoms with Gasteiger partial charge >= 0.3 is 26.6 Å². The molecule has 0 spiro atoms. The maximum atomic E-state index is 6.22. The number of hydrogen-bond acceptors (Lipinski definition) is 4. The van der Waals surface area contributed by atoms with Crippen molar-refractivity contribution < 1.29 is 12.3 Å². The van der Waals surface area contributed by atoms with E-state index in [1.807, 2.05) is 31.8 Å². The van der Waals surface area contributed by atoms with Gasteiger partial charge < -0.3 is 12.3 Å². The Morgan fingerprint density at radius 2 is 1.76 bits per heavy atom. The van der Waals surface area contributed by atoms with Crippen LogP contribution in [0.25, 0.3) is 0 Å². The van der Waals surface area contributed by atoms with Crippen molar-refractivity contribution in [2.75, 3.05) is 7.05 Å². The fraction of sp³-hybridized carbons (Fsp3) is 0.400. The zero-order chi connectivity index (χ0) is 12.5. The monoisotopic (exact) mass is 285 g/mol. The van der Waals surface area contributed by atoms with Crippen LogP contribution in [0.4, 0.5) is 0 Å². The minimum absolute atomic E-state index is 1.18. The molecule has 4 nitrogen and oxygen atoms in total. The van der Waals surface area contributed by atoms with Gasteiger partial charge in [0.05, 0.1) is 0 Å². The average molecular weight is 286 g/mol. The Kier molecular flexibility index (Phi) is 3.69. The molecule has 1 aromatic rings. The van der Waals surface area contributed by atoms with Crippen molar-refractivity contribution in [1.82, 2.24) is 4.98 Å². The van der Waals surface area contributed by atoms with E-state index in [0.29, 0.717) is 0 Å². The van der Waals surface area contributed by atoms with Crippen LogP contribution in [0.3, 0.4) is 0 Å². The zero-order valence-electron chi connectivity index (χ0n) is 10.7. The van der Waals surface area contributed by atoms with Gasteiger partial charge in [0, 0.05) is 0 Å². The second kappa shape index (κ2) is 4.77. The molecule has 0 radical (unpaired) electrons. The van der Waals surface area contributed by atoms with Crippen molar-refractivity contribution in [2.45, 2.75) is 19.6 Å². The highest BCUT2D eigenvalue weighted by Crippen LogP contribution is 2.22. The minimum atomic E-state index is -2.30. The summed E-state index contributed by atoms with van der Waals surface area (Å²) in [5.41, 5.74) is 0. The Balaban J connectivity index is 2.31. The Bertz CT molecular complexity index is 394. The molecule has 1 saturated heterocycles. The average Bonchev–Trinajstić information content (AvgIpc) is 2.29. The SMILES string of the molecule is CN[Si]1(C)O[SiH](C)O[Si](C)(c2ccccc2)O1. The van der Waals surface area contributed by atoms with E-state index in [1.54, 1.807) is 0 Å². The number of rotatable bonds is 2. The molecule has 1 N–H and O–H groups in total. The number of nitrogens with one attached hydrogen (secondary N) is 1. The van der Waals surface area contributed by atoms with E-state index in [0.717, 1.165) is 0 Å². The van der Waals surface area contributed by atoms with Gasteiger partial charge in [0.25, 0.3) is 0 Å². The Morgan fingerprint density at radius 1 is 1.12 bits per heavy atom. The van der Waals surface area contributed by atoms with Crippen molar-refractivity contribution >= 4 is 31.8 Å². The van der Waals surface area contributed by atoms with E-state index < -0.39 is 26.6 Å². The van der Waals surface area contributed by atoms with Crippen LogP contribution >= 0.6 is 0 Å². The Hall–Kier alpha value is -0.289. The highest BCUT2D eigenvalue weighted by Gasteiger charge is 2.50. The molecule has 0 saturated carbocycles. The Labute approximate surface area is 106 Å². The third-order valence-corrected chi connectivity index (χ3v) is 14.6. The van der Waals surface area contributed by atoms with Crippen LogP contribution in [-0.4, -0.2) is 33.6 Å². The van der Waals surface area contributed by atoms with Crippen molar-refractivity contribution in [1.29, 1.82) is 0 Å². The van der Waals surface area contributed by atoms with E-state index in [2.05, 4.69) is 30.2 Å². The van der Waals surface area contributed by atoms with E-state index in [9.17, 15) is 0 Å². The normalized spacial score (nSPS) is 38.0. The summed E-state index contributed by atoms with van der Waals surface area (Å²) in [4.78, 5) is 3.22. The topological polar surface area (TPSA) is 39.7 Å². The first-order valence-corrected chi connectivity index (χ1v) is 12.5. The molecule has 2 rings (SSSR count). The van der Waals surface area contributed by atoms with Crippen LogP contribution in [0.1, 0.15) is 0 Å². The highest BCUT2D eigenvalue weighted by atomic mass is 28.5. The predicted molar refractivity (Wildman–Crippen MR) is 74.6 cm³/mol. The lowest BCUT2D eigenvalue weighted by atomic mass is 10.4. The number of hydrogen-bond donors (Lipinski definition) is 1. The summed E-state index contributed by atoms with van der Waals surface area (Å²) in [6.45, 7) is 6.23. The second-order valence-corrected chi connectivity index (χ2v) is 13.1. The molecule has 3 atom stereocenters. The van der Waals surface area contributed by atoms with Gasteiger partial charge in [-0.1, -0.05) is 30.3 Å². The maximum absolute atomic E-state index is 6.22. The third-order valence-electron chi connectivity index (χ3n) is 2.92. The smallest absolute Gasteiger partial charge is 0.403 e. The molecule has 1 aliphatic heterocycles. The van der Waals surface area contributed by atoms with Crippen LogP contribution < -0.4 is 10.2 Å². The van der Waals surface area contributed by atoms with Gasteiger partial charge in [0.2, 0.25) is 0 Å². The number of benzene rings is 1. The third kappa shape index (κ3) is 2.76. The van der Waals surface area contributed by atoms with E-state index in [1.165, 1.54) is 5.19 Å². The first-order valence-electron chi connectivity index (χ1n) is 5.78. The molecular weight excluding hydrogens is 266 g/mol. The van der Waals surface area contributed by atoms with Crippen molar-refractivity contribution in [3.8, 4) is 0 Å². The van der Waals surface area contributed by atoms with Crippen molar-refractivity contribution in [3.63, 3.8) is 0 Å². The summed E-state index contributed by atoms with van der Waals surface area (Å²) in [6, 6.07) is 10.2. The summed E-state index contributed by atoms with van der Waals surface area (Å²) in [7, 11) is -4.23. The fourth-order valence-corrected chi connectivity index (χ4v) is 14.7. The van der Waals surface area contributed by atoms with Gasteiger partial charge in [-0.3, -0.25) is 4.98 Å². The summed E-state index contributed by atoms with van der Waals surface area (Å²) in [5, 5.41) is 1.18. The van der Waals surface area contributed by atoms with Crippen LogP contribution in [0.2, 0.25) is 19.6 Å². The summed E-state index contributed by atoms with van der Waals surface area (Å²) >= 11 is 0. The van der Waals surface area contributed by atoms with Gasteiger partial charge in [-0.15, -0.1) is 0 Å². The molecule has 1 fully saturated rings. The maximum Gasteiger partial charge on any atom is 0.403 e. The lowest BCUT2D eigenvalue weighted by Crippen LogP contribution is -2.71. The fourth-order valence-electron chi connectivity index (χ4n) is 2.06. The second-order valence-electron chi connectivity index (χ2n) is 4.41. The van der Waals surface area contributed by atoms with Crippen LogP contribution in [-0.2, 0) is 12.3 Å². The molecule has 1 heterocycles. The molecule has 0 aromatic heterocycles. The van der Waals surface area contributed by atoms with Gasteiger partial charge in [-0.05, 0) is 31.9 Å². The van der Waals surface area contributed by atoms with Crippen molar-refractivity contribution in [3.05, 3.63) is 30.3 Å². The van der Waals surface area contributed by atoms with E-state index in [-0.39, 0.29) is 0 Å². The molecule has 1 aliphatic rings. The predicted octanol–water partition coefficient (Wildman–Crippen LogP) is 0.667. The van der Waals surface area contributed by atoms with E-state index >= 15 is 0 Å². The quantitative estimate of drug-likeness (QED) is 0.811. The van der Waals surface area contributed by atoms with Crippen LogP contribution in [0, 0.1) is 0 Å². The molecular formula is C10H19NO3Si3. The molecule has 3 unspecified atom stereocenters.